The number of benzene rings is 2. The van der Waals surface area contributed by atoms with Crippen LogP contribution in [0.15, 0.2) is 53.9 Å². The van der Waals surface area contributed by atoms with Gasteiger partial charge in [0.25, 0.3) is 0 Å². The Labute approximate surface area is 190 Å². The fraction of sp³-hybridized carbons (Fsp3) is 0.440. The number of hydrogen-bond acceptors (Lipinski definition) is 4. The van der Waals surface area contributed by atoms with Gasteiger partial charge in [0.1, 0.15) is 5.75 Å². The Morgan fingerprint density at radius 3 is 2.65 bits per heavy atom. The highest BCUT2D eigenvalue weighted by molar-refractivity contribution is 7.94. The van der Waals surface area contributed by atoms with Gasteiger partial charge in [-0.2, -0.15) is 0 Å². The fourth-order valence-electron chi connectivity index (χ4n) is 4.92. The lowest BCUT2D eigenvalue weighted by molar-refractivity contribution is 0.164. The first kappa shape index (κ1) is 22.4. The third-order valence-corrected chi connectivity index (χ3v) is 8.37. The summed E-state index contributed by atoms with van der Waals surface area (Å²) in [7, 11) is -3.14. The first-order valence-corrected chi connectivity index (χ1v) is 13.1. The predicted octanol–water partition coefficient (Wildman–Crippen LogP) is 5.37. The molecule has 0 radical (unpaired) electrons. The van der Waals surface area contributed by atoms with Crippen LogP contribution in [0.1, 0.15) is 55.3 Å². The Morgan fingerprint density at radius 1 is 1.19 bits per heavy atom. The Balaban J connectivity index is 1.52. The molecule has 1 unspecified atom stereocenters. The van der Waals surface area contributed by atoms with Crippen molar-refractivity contribution < 1.29 is 13.2 Å². The molecule has 166 valence electrons. The molecule has 4 nitrogen and oxygen atoms in total. The number of halogens is 1. The molecule has 1 heterocycles. The first-order chi connectivity index (χ1) is 14.9. The summed E-state index contributed by atoms with van der Waals surface area (Å²) in [6.45, 7) is 3.07. The van der Waals surface area contributed by atoms with Gasteiger partial charge in [-0.15, -0.1) is 0 Å². The zero-order chi connectivity index (χ0) is 21.9. The van der Waals surface area contributed by atoms with Gasteiger partial charge in [-0.3, -0.25) is 0 Å². The van der Waals surface area contributed by atoms with Crippen LogP contribution >= 0.6 is 11.6 Å². The standard InChI is InChI=1S/C25H30ClNO3S/c1-2-16-31(28,29)17-4-15-30-22-10-5-19-11-14-27-24(23(19)18-22)25(12-3-13-25)20-6-8-21(26)9-7-20/h2,5-10,16,18,24,27H,3-4,11-15,17H2,1H3/b16-2+. The van der Waals surface area contributed by atoms with Crippen LogP contribution in [0.2, 0.25) is 5.02 Å². The largest absolute Gasteiger partial charge is 0.494 e. The second-order valence-electron chi connectivity index (χ2n) is 8.55. The van der Waals surface area contributed by atoms with Gasteiger partial charge in [0.2, 0.25) is 0 Å². The van der Waals surface area contributed by atoms with Gasteiger partial charge in [-0.25, -0.2) is 8.42 Å². The van der Waals surface area contributed by atoms with Gasteiger partial charge in [-0.1, -0.05) is 42.3 Å². The molecule has 1 fully saturated rings. The van der Waals surface area contributed by atoms with E-state index in [2.05, 4.69) is 29.6 Å². The van der Waals surface area contributed by atoms with E-state index in [4.69, 9.17) is 16.3 Å². The number of ether oxygens (including phenoxy) is 1. The number of allylic oxidation sites excluding steroid dienone is 1. The maximum absolute atomic E-state index is 11.8. The van der Waals surface area contributed by atoms with Crippen molar-refractivity contribution >= 4 is 21.4 Å². The van der Waals surface area contributed by atoms with E-state index >= 15 is 0 Å². The molecule has 0 amide bonds. The second kappa shape index (κ2) is 9.35. The minimum atomic E-state index is -3.14. The van der Waals surface area contributed by atoms with Crippen molar-refractivity contribution in [2.24, 2.45) is 0 Å². The van der Waals surface area contributed by atoms with E-state index in [1.54, 1.807) is 13.0 Å². The molecule has 31 heavy (non-hydrogen) atoms. The van der Waals surface area contributed by atoms with Crippen LogP contribution in [0, 0.1) is 0 Å². The molecule has 0 bridgehead atoms. The quantitative estimate of drug-likeness (QED) is 0.539. The summed E-state index contributed by atoms with van der Waals surface area (Å²) in [6, 6.07) is 14.9. The molecule has 1 aliphatic heterocycles. The van der Waals surface area contributed by atoms with Crippen molar-refractivity contribution in [3.05, 3.63) is 75.7 Å². The third kappa shape index (κ3) is 4.84. The predicted molar refractivity (Wildman–Crippen MR) is 127 cm³/mol. The maximum Gasteiger partial charge on any atom is 0.171 e. The molecular weight excluding hydrogens is 430 g/mol. The van der Waals surface area contributed by atoms with Gasteiger partial charge in [0, 0.05) is 21.9 Å². The first-order valence-electron chi connectivity index (χ1n) is 11.0. The van der Waals surface area contributed by atoms with Gasteiger partial charge < -0.3 is 10.1 Å². The number of fused-ring (bicyclic) bond motifs is 1. The SMILES string of the molecule is C/C=C/S(=O)(=O)CCCOc1ccc2c(c1)C(C1(c3ccc(Cl)cc3)CCC1)NCC2. The minimum absolute atomic E-state index is 0.0823. The lowest BCUT2D eigenvalue weighted by Gasteiger charge is -2.50. The van der Waals surface area contributed by atoms with E-state index in [0.717, 1.165) is 36.6 Å². The Morgan fingerprint density at radius 2 is 1.97 bits per heavy atom. The Bertz CT molecular complexity index is 1040. The van der Waals surface area contributed by atoms with E-state index in [9.17, 15) is 8.42 Å². The number of rotatable bonds is 8. The third-order valence-electron chi connectivity index (χ3n) is 6.57. The Kier molecular flexibility index (Phi) is 6.75. The molecular formula is C25H30ClNO3S. The zero-order valence-corrected chi connectivity index (χ0v) is 19.5. The number of hydrogen-bond donors (Lipinski definition) is 1. The molecule has 2 aromatic rings. The van der Waals surface area contributed by atoms with E-state index in [-0.39, 0.29) is 17.2 Å². The zero-order valence-electron chi connectivity index (χ0n) is 17.9. The summed E-state index contributed by atoms with van der Waals surface area (Å²) >= 11 is 6.14. The highest BCUT2D eigenvalue weighted by atomic mass is 35.5. The van der Waals surface area contributed by atoms with Crippen molar-refractivity contribution in [1.82, 2.24) is 5.32 Å². The molecule has 2 aromatic carbocycles. The summed E-state index contributed by atoms with van der Waals surface area (Å²) in [5.74, 6) is 0.910. The van der Waals surface area contributed by atoms with Crippen LogP contribution in [-0.4, -0.2) is 27.3 Å². The van der Waals surface area contributed by atoms with Gasteiger partial charge in [-0.05, 0) is 80.1 Å². The summed E-state index contributed by atoms with van der Waals surface area (Å²) in [6.07, 6.45) is 6.57. The highest BCUT2D eigenvalue weighted by Crippen LogP contribution is 2.53. The molecule has 1 atom stereocenters. The average molecular weight is 460 g/mol. The summed E-state index contributed by atoms with van der Waals surface area (Å²) < 4.78 is 29.6. The molecule has 1 N–H and O–H groups in total. The van der Waals surface area contributed by atoms with Crippen LogP contribution in [0.25, 0.3) is 0 Å². The highest BCUT2D eigenvalue weighted by Gasteiger charge is 2.47. The number of nitrogens with one attached hydrogen (secondary N) is 1. The second-order valence-corrected chi connectivity index (χ2v) is 11.0. The van der Waals surface area contributed by atoms with Crippen molar-refractivity contribution in [3.8, 4) is 5.75 Å². The molecule has 6 heteroatoms. The van der Waals surface area contributed by atoms with Crippen LogP contribution in [0.3, 0.4) is 0 Å². The van der Waals surface area contributed by atoms with E-state index < -0.39 is 9.84 Å². The fourth-order valence-corrected chi connectivity index (χ4v) is 6.12. The molecule has 0 aromatic heterocycles. The summed E-state index contributed by atoms with van der Waals surface area (Å²) in [4.78, 5) is 0. The van der Waals surface area contributed by atoms with Crippen molar-refractivity contribution in [2.75, 3.05) is 18.9 Å². The molecule has 1 saturated carbocycles. The van der Waals surface area contributed by atoms with Crippen LogP contribution in [0.5, 0.6) is 5.75 Å². The minimum Gasteiger partial charge on any atom is -0.494 e. The smallest absolute Gasteiger partial charge is 0.171 e. The van der Waals surface area contributed by atoms with Gasteiger partial charge >= 0.3 is 0 Å². The molecule has 0 saturated heterocycles. The molecule has 1 aliphatic carbocycles. The molecule has 4 rings (SSSR count). The number of sulfone groups is 1. The maximum atomic E-state index is 11.8. The van der Waals surface area contributed by atoms with Crippen LogP contribution in [0.4, 0.5) is 0 Å². The van der Waals surface area contributed by atoms with Crippen molar-refractivity contribution in [3.63, 3.8) is 0 Å². The van der Waals surface area contributed by atoms with Crippen molar-refractivity contribution in [1.29, 1.82) is 0 Å². The topological polar surface area (TPSA) is 55.4 Å². The van der Waals surface area contributed by atoms with E-state index in [0.29, 0.717) is 13.0 Å². The molecule has 2 aliphatic rings. The van der Waals surface area contributed by atoms with Gasteiger partial charge in [0.05, 0.1) is 12.4 Å². The average Bonchev–Trinajstić information content (AvgIpc) is 2.72. The van der Waals surface area contributed by atoms with Crippen LogP contribution < -0.4 is 10.1 Å². The molecule has 0 spiro atoms. The van der Waals surface area contributed by atoms with Crippen molar-refractivity contribution in [2.45, 2.75) is 50.5 Å². The van der Waals surface area contributed by atoms with E-state index in [1.165, 1.54) is 28.5 Å². The summed E-state index contributed by atoms with van der Waals surface area (Å²) in [5.41, 5.74) is 4.10. The van der Waals surface area contributed by atoms with Crippen LogP contribution in [-0.2, 0) is 21.7 Å². The van der Waals surface area contributed by atoms with E-state index in [1.807, 2.05) is 18.2 Å². The Hall–Kier alpha value is -1.82. The summed E-state index contributed by atoms with van der Waals surface area (Å²) in [5, 5.41) is 5.81. The normalized spacial score (nSPS) is 20.3. The van der Waals surface area contributed by atoms with Gasteiger partial charge in [0.15, 0.2) is 9.84 Å². The monoisotopic (exact) mass is 459 g/mol. The lowest BCUT2D eigenvalue weighted by Crippen LogP contribution is -2.49. The lowest BCUT2D eigenvalue weighted by atomic mass is 9.58.